The van der Waals surface area contributed by atoms with Crippen molar-refractivity contribution in [2.45, 2.75) is 34.3 Å². The monoisotopic (exact) mass is 390 g/mol. The first kappa shape index (κ1) is 18.9. The van der Waals surface area contributed by atoms with Crippen LogP contribution in [0.5, 0.6) is 11.5 Å². The van der Waals surface area contributed by atoms with Crippen molar-refractivity contribution in [3.8, 4) is 23.0 Å². The first-order valence-corrected chi connectivity index (χ1v) is 9.39. The minimum absolute atomic E-state index is 0.0748. The highest BCUT2D eigenvalue weighted by molar-refractivity contribution is 5.83. The van der Waals surface area contributed by atoms with Crippen molar-refractivity contribution in [2.24, 2.45) is 0 Å². The van der Waals surface area contributed by atoms with E-state index in [4.69, 9.17) is 13.6 Å². The minimum Gasteiger partial charge on any atom is -0.507 e. The number of hydrogen-bond acceptors (Lipinski definition) is 5. The molecular weight excluding hydrogens is 368 g/mol. The molecular formula is C24H22O5. The van der Waals surface area contributed by atoms with Crippen LogP contribution in [0.3, 0.4) is 0 Å². The number of hydrogen-bond donors (Lipinski definition) is 1. The third kappa shape index (κ3) is 3.51. The molecule has 0 saturated heterocycles. The molecule has 2 heterocycles. The van der Waals surface area contributed by atoms with Gasteiger partial charge in [0.1, 0.15) is 23.7 Å². The molecule has 4 aromatic rings. The fourth-order valence-corrected chi connectivity index (χ4v) is 3.30. The van der Waals surface area contributed by atoms with E-state index in [0.29, 0.717) is 29.3 Å². The van der Waals surface area contributed by atoms with Gasteiger partial charge in [0.2, 0.25) is 0 Å². The lowest BCUT2D eigenvalue weighted by molar-refractivity contribution is 0.305. The number of aromatic hydroxyl groups is 1. The van der Waals surface area contributed by atoms with E-state index in [0.717, 1.165) is 10.9 Å². The summed E-state index contributed by atoms with van der Waals surface area (Å²) in [4.78, 5) is 11.9. The van der Waals surface area contributed by atoms with Gasteiger partial charge in [-0.3, -0.25) is 0 Å². The largest absolute Gasteiger partial charge is 0.507 e. The third-order valence-corrected chi connectivity index (χ3v) is 5.17. The van der Waals surface area contributed by atoms with Gasteiger partial charge in [-0.05, 0) is 57.0 Å². The Kier molecular flexibility index (Phi) is 4.66. The second-order valence-electron chi connectivity index (χ2n) is 7.35. The summed E-state index contributed by atoms with van der Waals surface area (Å²) in [5.41, 5.74) is 4.19. The summed E-state index contributed by atoms with van der Waals surface area (Å²) >= 11 is 0. The molecule has 0 radical (unpaired) electrons. The third-order valence-electron chi connectivity index (χ3n) is 5.17. The first-order chi connectivity index (χ1) is 13.8. The Morgan fingerprint density at radius 3 is 2.52 bits per heavy atom. The molecule has 1 N–H and O–H groups in total. The van der Waals surface area contributed by atoms with Crippen molar-refractivity contribution in [1.82, 2.24) is 0 Å². The van der Waals surface area contributed by atoms with Gasteiger partial charge in [-0.1, -0.05) is 23.8 Å². The second kappa shape index (κ2) is 7.17. The molecule has 0 aliphatic heterocycles. The van der Waals surface area contributed by atoms with Gasteiger partial charge >= 0.3 is 5.63 Å². The highest BCUT2D eigenvalue weighted by atomic mass is 16.5. The van der Waals surface area contributed by atoms with E-state index in [2.05, 4.69) is 32.0 Å². The van der Waals surface area contributed by atoms with Gasteiger partial charge < -0.3 is 18.7 Å². The molecule has 0 unspecified atom stereocenters. The average molecular weight is 390 g/mol. The summed E-state index contributed by atoms with van der Waals surface area (Å²) in [6.45, 7) is 7.80. The molecule has 0 amide bonds. The van der Waals surface area contributed by atoms with Crippen molar-refractivity contribution >= 4 is 11.0 Å². The standard InChI is InChI=1S/C24H22O5/c1-13-5-6-14(2)18(9-13)12-27-19-8-7-17-10-21(28-20(17)11-19)23-15(3)22(25)16(4)24(26)29-23/h5-11,25H,12H2,1-4H3. The molecule has 0 saturated carbocycles. The molecule has 2 aromatic carbocycles. The van der Waals surface area contributed by atoms with E-state index >= 15 is 0 Å². The van der Waals surface area contributed by atoms with Crippen molar-refractivity contribution < 1.29 is 18.7 Å². The summed E-state index contributed by atoms with van der Waals surface area (Å²) in [5.74, 6) is 1.22. The maximum atomic E-state index is 11.9. The zero-order chi connectivity index (χ0) is 20.7. The summed E-state index contributed by atoms with van der Waals surface area (Å²) in [6.07, 6.45) is 0. The normalized spacial score (nSPS) is 11.2. The van der Waals surface area contributed by atoms with Crippen molar-refractivity contribution in [1.29, 1.82) is 0 Å². The van der Waals surface area contributed by atoms with E-state index in [-0.39, 0.29) is 17.1 Å². The van der Waals surface area contributed by atoms with Crippen molar-refractivity contribution in [3.05, 3.63) is 80.7 Å². The predicted molar refractivity (Wildman–Crippen MR) is 112 cm³/mol. The van der Waals surface area contributed by atoms with Crippen LogP contribution in [0.1, 0.15) is 27.8 Å². The molecule has 4 rings (SSSR count). The lowest BCUT2D eigenvalue weighted by Crippen LogP contribution is -2.05. The van der Waals surface area contributed by atoms with Gasteiger partial charge in [0.05, 0.1) is 5.56 Å². The van der Waals surface area contributed by atoms with Crippen LogP contribution in [0.15, 0.2) is 56.1 Å². The molecule has 148 valence electrons. The maximum Gasteiger partial charge on any atom is 0.343 e. The lowest BCUT2D eigenvalue weighted by Gasteiger charge is -2.09. The number of ether oxygens (including phenoxy) is 1. The predicted octanol–water partition coefficient (Wildman–Crippen LogP) is 5.57. The number of furan rings is 1. The fourth-order valence-electron chi connectivity index (χ4n) is 3.30. The molecule has 5 heteroatoms. The van der Waals surface area contributed by atoms with Crippen LogP contribution < -0.4 is 10.4 Å². The molecule has 0 aliphatic carbocycles. The number of aryl methyl sites for hydroxylation is 2. The van der Waals surface area contributed by atoms with Crippen LogP contribution in [0.4, 0.5) is 0 Å². The maximum absolute atomic E-state index is 11.9. The van der Waals surface area contributed by atoms with Crippen LogP contribution in [0, 0.1) is 27.7 Å². The summed E-state index contributed by atoms with van der Waals surface area (Å²) in [5, 5.41) is 11.0. The topological polar surface area (TPSA) is 72.8 Å². The zero-order valence-corrected chi connectivity index (χ0v) is 16.8. The van der Waals surface area contributed by atoms with Gasteiger partial charge in [-0.2, -0.15) is 0 Å². The molecule has 2 aromatic heterocycles. The Hall–Kier alpha value is -3.47. The quantitative estimate of drug-likeness (QED) is 0.493. The average Bonchev–Trinajstić information content (AvgIpc) is 3.12. The van der Waals surface area contributed by atoms with Gasteiger partial charge in [-0.15, -0.1) is 0 Å². The Bertz CT molecular complexity index is 1280. The second-order valence-corrected chi connectivity index (χ2v) is 7.35. The van der Waals surface area contributed by atoms with E-state index in [9.17, 15) is 9.90 Å². The van der Waals surface area contributed by atoms with Crippen LogP contribution in [0.2, 0.25) is 0 Å². The Balaban J connectivity index is 1.65. The highest BCUT2D eigenvalue weighted by Gasteiger charge is 2.18. The van der Waals surface area contributed by atoms with Gasteiger partial charge in [0.15, 0.2) is 11.5 Å². The molecule has 0 spiro atoms. The van der Waals surface area contributed by atoms with Gasteiger partial charge in [0.25, 0.3) is 0 Å². The Labute approximate surface area is 168 Å². The zero-order valence-electron chi connectivity index (χ0n) is 16.8. The number of rotatable bonds is 4. The smallest absolute Gasteiger partial charge is 0.343 e. The molecule has 0 aliphatic rings. The van der Waals surface area contributed by atoms with E-state index in [1.165, 1.54) is 18.1 Å². The van der Waals surface area contributed by atoms with Crippen LogP contribution >= 0.6 is 0 Å². The number of fused-ring (bicyclic) bond motifs is 1. The van der Waals surface area contributed by atoms with E-state index < -0.39 is 5.63 Å². The van der Waals surface area contributed by atoms with Gasteiger partial charge in [0, 0.05) is 17.0 Å². The molecule has 5 nitrogen and oxygen atoms in total. The van der Waals surface area contributed by atoms with E-state index in [1.807, 2.05) is 18.2 Å². The number of benzene rings is 2. The van der Waals surface area contributed by atoms with Crippen molar-refractivity contribution in [2.75, 3.05) is 0 Å². The van der Waals surface area contributed by atoms with Crippen LogP contribution in [-0.2, 0) is 6.61 Å². The van der Waals surface area contributed by atoms with Crippen LogP contribution in [0.25, 0.3) is 22.5 Å². The minimum atomic E-state index is -0.582. The molecule has 0 atom stereocenters. The first-order valence-electron chi connectivity index (χ1n) is 9.39. The lowest BCUT2D eigenvalue weighted by atomic mass is 10.1. The SMILES string of the molecule is Cc1ccc(C)c(COc2ccc3cc(-c4oc(=O)c(C)c(O)c4C)oc3c2)c1. The summed E-state index contributed by atoms with van der Waals surface area (Å²) < 4.78 is 17.2. The highest BCUT2D eigenvalue weighted by Crippen LogP contribution is 2.34. The van der Waals surface area contributed by atoms with E-state index in [1.54, 1.807) is 13.0 Å². The molecule has 0 fully saturated rings. The fraction of sp³-hybridized carbons (Fsp3) is 0.208. The van der Waals surface area contributed by atoms with Crippen LogP contribution in [-0.4, -0.2) is 5.11 Å². The summed E-state index contributed by atoms with van der Waals surface area (Å²) in [6, 6.07) is 13.6. The van der Waals surface area contributed by atoms with Crippen molar-refractivity contribution in [3.63, 3.8) is 0 Å². The Morgan fingerprint density at radius 2 is 1.72 bits per heavy atom. The molecule has 0 bridgehead atoms. The van der Waals surface area contributed by atoms with Gasteiger partial charge in [-0.25, -0.2) is 4.79 Å². The molecule has 29 heavy (non-hydrogen) atoms. The Morgan fingerprint density at radius 1 is 0.931 bits per heavy atom. The summed E-state index contributed by atoms with van der Waals surface area (Å²) in [7, 11) is 0.